The van der Waals surface area contributed by atoms with Crippen molar-refractivity contribution >= 4 is 27.5 Å². The summed E-state index contributed by atoms with van der Waals surface area (Å²) < 4.78 is 15.1. The summed E-state index contributed by atoms with van der Waals surface area (Å²) in [4.78, 5) is 0. The summed E-state index contributed by atoms with van der Waals surface area (Å²) in [6.07, 6.45) is 4.85. The van der Waals surface area contributed by atoms with Crippen LogP contribution in [-0.2, 0) is 5.54 Å². The zero-order chi connectivity index (χ0) is 15.8. The van der Waals surface area contributed by atoms with Crippen molar-refractivity contribution in [1.29, 1.82) is 0 Å². The van der Waals surface area contributed by atoms with E-state index in [0.29, 0.717) is 16.0 Å². The first-order chi connectivity index (χ1) is 9.65. The Morgan fingerprint density at radius 2 is 1.95 bits per heavy atom. The first-order valence-electron chi connectivity index (χ1n) is 7.58. The van der Waals surface area contributed by atoms with Crippen LogP contribution in [0.15, 0.2) is 16.6 Å². The van der Waals surface area contributed by atoms with Gasteiger partial charge in [-0.3, -0.25) is 0 Å². The minimum Gasteiger partial charge on any atom is -0.321 e. The van der Waals surface area contributed by atoms with Gasteiger partial charge in [0, 0.05) is 15.6 Å². The van der Waals surface area contributed by atoms with Gasteiger partial charge in [0.2, 0.25) is 0 Å². The van der Waals surface area contributed by atoms with Crippen molar-refractivity contribution in [2.24, 2.45) is 17.1 Å². The molecular weight excluding hydrogens is 353 g/mol. The molecule has 1 aromatic rings. The van der Waals surface area contributed by atoms with E-state index in [2.05, 4.69) is 36.7 Å². The molecule has 1 fully saturated rings. The van der Waals surface area contributed by atoms with Crippen LogP contribution in [-0.4, -0.2) is 0 Å². The van der Waals surface area contributed by atoms with Gasteiger partial charge < -0.3 is 5.73 Å². The molecule has 0 heterocycles. The van der Waals surface area contributed by atoms with Gasteiger partial charge >= 0.3 is 0 Å². The lowest BCUT2D eigenvalue weighted by atomic mass is 9.75. The quantitative estimate of drug-likeness (QED) is 0.470. The predicted octanol–water partition coefficient (Wildman–Crippen LogP) is 6.02. The van der Waals surface area contributed by atoms with Gasteiger partial charge in [-0.05, 0) is 59.0 Å². The van der Waals surface area contributed by atoms with E-state index in [9.17, 15) is 4.39 Å². The Labute approximate surface area is 140 Å². The van der Waals surface area contributed by atoms with Crippen LogP contribution in [0.4, 0.5) is 4.39 Å². The van der Waals surface area contributed by atoms with E-state index in [1.54, 1.807) is 12.1 Å². The highest BCUT2D eigenvalue weighted by molar-refractivity contribution is 9.10. The summed E-state index contributed by atoms with van der Waals surface area (Å²) >= 11 is 9.29. The number of rotatable bonds is 1. The van der Waals surface area contributed by atoms with E-state index < -0.39 is 5.54 Å². The fraction of sp³-hybridized carbons (Fsp3) is 0.647. The van der Waals surface area contributed by atoms with Gasteiger partial charge in [0.15, 0.2) is 0 Å². The molecule has 2 rings (SSSR count). The summed E-state index contributed by atoms with van der Waals surface area (Å²) in [6, 6.07) is 3.57. The molecule has 1 saturated carbocycles. The first-order valence-corrected chi connectivity index (χ1v) is 8.75. The Balaban J connectivity index is 2.29. The van der Waals surface area contributed by atoms with Gasteiger partial charge in [0.05, 0.1) is 5.02 Å². The molecule has 0 bridgehead atoms. The summed E-state index contributed by atoms with van der Waals surface area (Å²) in [5.41, 5.74) is 6.83. The molecule has 1 nitrogen and oxygen atoms in total. The Morgan fingerprint density at radius 3 is 2.57 bits per heavy atom. The van der Waals surface area contributed by atoms with Crippen LogP contribution in [0.25, 0.3) is 0 Å². The van der Waals surface area contributed by atoms with Gasteiger partial charge in [-0.2, -0.15) is 0 Å². The zero-order valence-corrected chi connectivity index (χ0v) is 15.3. The maximum Gasteiger partial charge on any atom is 0.147 e. The van der Waals surface area contributed by atoms with Crippen LogP contribution in [0.3, 0.4) is 0 Å². The third-order valence-corrected chi connectivity index (χ3v) is 6.17. The molecule has 0 amide bonds. The largest absolute Gasteiger partial charge is 0.321 e. The molecule has 0 radical (unpaired) electrons. The van der Waals surface area contributed by atoms with Crippen LogP contribution in [0.1, 0.15) is 58.4 Å². The minimum absolute atomic E-state index is 0.133. The number of nitrogens with two attached hydrogens (primary N) is 1. The van der Waals surface area contributed by atoms with Crippen LogP contribution in [0.2, 0.25) is 5.02 Å². The Bertz CT molecular complexity index is 526. The monoisotopic (exact) mass is 375 g/mol. The molecule has 1 aliphatic carbocycles. The van der Waals surface area contributed by atoms with Crippen LogP contribution < -0.4 is 5.73 Å². The number of benzene rings is 1. The average molecular weight is 377 g/mol. The number of hydrogen-bond acceptors (Lipinski definition) is 1. The van der Waals surface area contributed by atoms with Crippen molar-refractivity contribution in [2.45, 2.75) is 58.4 Å². The topological polar surface area (TPSA) is 26.0 Å². The molecule has 2 atom stereocenters. The molecule has 21 heavy (non-hydrogen) atoms. The van der Waals surface area contributed by atoms with Gasteiger partial charge in [-0.1, -0.05) is 44.9 Å². The Kier molecular flexibility index (Phi) is 5.07. The zero-order valence-electron chi connectivity index (χ0n) is 13.0. The van der Waals surface area contributed by atoms with Crippen molar-refractivity contribution in [1.82, 2.24) is 0 Å². The highest BCUT2D eigenvalue weighted by atomic mass is 79.9. The molecule has 0 saturated heterocycles. The molecule has 2 N–H and O–H groups in total. The van der Waals surface area contributed by atoms with E-state index in [4.69, 9.17) is 17.3 Å². The first kappa shape index (κ1) is 17.2. The van der Waals surface area contributed by atoms with E-state index >= 15 is 0 Å². The fourth-order valence-corrected chi connectivity index (χ4v) is 3.88. The molecule has 4 heteroatoms. The molecule has 1 aliphatic rings. The summed E-state index contributed by atoms with van der Waals surface area (Å²) in [5, 5.41) is 0.133. The van der Waals surface area contributed by atoms with Crippen molar-refractivity contribution in [3.05, 3.63) is 33.0 Å². The smallest absolute Gasteiger partial charge is 0.147 e. The van der Waals surface area contributed by atoms with Crippen LogP contribution >= 0.6 is 27.5 Å². The standard InChI is InChI=1S/C17H24BrClFN/c1-16(2,3)11-5-4-9-17(21,10-8-11)12-6-7-13(18)14(19)15(12)20/h6-7,11H,4-5,8-10,21H2,1-3H3. The normalized spacial score (nSPS) is 27.5. The molecule has 0 aromatic heterocycles. The highest BCUT2D eigenvalue weighted by Gasteiger charge is 2.36. The van der Waals surface area contributed by atoms with Gasteiger partial charge in [-0.25, -0.2) is 4.39 Å². The highest BCUT2D eigenvalue weighted by Crippen LogP contribution is 2.44. The van der Waals surface area contributed by atoms with Gasteiger partial charge in [-0.15, -0.1) is 0 Å². The maximum absolute atomic E-state index is 14.5. The third kappa shape index (κ3) is 3.62. The summed E-state index contributed by atoms with van der Waals surface area (Å²) in [5.74, 6) is 0.264. The summed E-state index contributed by atoms with van der Waals surface area (Å²) in [7, 11) is 0. The second-order valence-corrected chi connectivity index (χ2v) is 8.61. The van der Waals surface area contributed by atoms with Crippen molar-refractivity contribution in [2.75, 3.05) is 0 Å². The lowest BCUT2D eigenvalue weighted by molar-refractivity contribution is 0.210. The second-order valence-electron chi connectivity index (χ2n) is 7.37. The van der Waals surface area contributed by atoms with E-state index in [-0.39, 0.29) is 16.3 Å². The third-order valence-electron chi connectivity index (χ3n) is 4.91. The molecule has 2 unspecified atom stereocenters. The molecule has 0 aliphatic heterocycles. The lowest BCUT2D eigenvalue weighted by Gasteiger charge is -2.32. The van der Waals surface area contributed by atoms with Crippen molar-refractivity contribution in [3.63, 3.8) is 0 Å². The Hall–Kier alpha value is -0.120. The predicted molar refractivity (Wildman–Crippen MR) is 91.0 cm³/mol. The molecule has 1 aromatic carbocycles. The Morgan fingerprint density at radius 1 is 1.29 bits per heavy atom. The average Bonchev–Trinajstić information content (AvgIpc) is 2.58. The van der Waals surface area contributed by atoms with Gasteiger partial charge in [0.1, 0.15) is 5.82 Å². The maximum atomic E-state index is 14.5. The fourth-order valence-electron chi connectivity index (χ4n) is 3.41. The summed E-state index contributed by atoms with van der Waals surface area (Å²) in [6.45, 7) is 6.83. The number of hydrogen-bond donors (Lipinski definition) is 1. The molecule has 0 spiro atoms. The van der Waals surface area contributed by atoms with E-state index in [1.165, 1.54) is 0 Å². The SMILES string of the molecule is CC(C)(C)C1CCCC(N)(c2ccc(Br)c(Cl)c2F)CC1. The minimum atomic E-state index is -0.603. The van der Waals surface area contributed by atoms with Crippen molar-refractivity contribution < 1.29 is 4.39 Å². The second kappa shape index (κ2) is 6.17. The molecular formula is C17H24BrClFN. The lowest BCUT2D eigenvalue weighted by Crippen LogP contribution is -2.37. The van der Waals surface area contributed by atoms with Crippen LogP contribution in [0.5, 0.6) is 0 Å². The van der Waals surface area contributed by atoms with E-state index in [0.717, 1.165) is 32.1 Å². The van der Waals surface area contributed by atoms with E-state index in [1.807, 2.05) is 0 Å². The van der Waals surface area contributed by atoms with Crippen molar-refractivity contribution in [3.8, 4) is 0 Å². The van der Waals surface area contributed by atoms with Gasteiger partial charge in [0.25, 0.3) is 0 Å². The molecule has 118 valence electrons. The number of halogens is 3. The van der Waals surface area contributed by atoms with Crippen LogP contribution in [0, 0.1) is 17.2 Å².